The maximum absolute atomic E-state index is 10.7. The van der Waals surface area contributed by atoms with Gasteiger partial charge in [0.2, 0.25) is 0 Å². The van der Waals surface area contributed by atoms with E-state index in [0.29, 0.717) is 30.4 Å². The van der Waals surface area contributed by atoms with Gasteiger partial charge in [0.15, 0.2) is 11.5 Å². The van der Waals surface area contributed by atoms with Crippen LogP contribution in [0, 0.1) is 0 Å². The van der Waals surface area contributed by atoms with Crippen molar-refractivity contribution in [2.75, 3.05) is 13.2 Å². The molecule has 0 radical (unpaired) electrons. The van der Waals surface area contributed by atoms with E-state index in [2.05, 4.69) is 4.98 Å². The SMILES string of the molecule is CCOc1ccc(-c2nc(CC(=O)O)cs2)cc1OCC. The van der Waals surface area contributed by atoms with E-state index >= 15 is 0 Å². The third-order valence-corrected chi connectivity index (χ3v) is 3.61. The largest absolute Gasteiger partial charge is 0.490 e. The number of hydrogen-bond donors (Lipinski definition) is 1. The monoisotopic (exact) mass is 307 g/mol. The van der Waals surface area contributed by atoms with Gasteiger partial charge in [-0.15, -0.1) is 11.3 Å². The molecule has 2 rings (SSSR count). The molecule has 0 fully saturated rings. The molecule has 1 aromatic carbocycles. The summed E-state index contributed by atoms with van der Waals surface area (Å²) in [4.78, 5) is 15.0. The Labute approximate surface area is 127 Å². The Bertz CT molecular complexity index is 624. The first-order valence-electron chi connectivity index (χ1n) is 6.70. The zero-order valence-corrected chi connectivity index (χ0v) is 12.8. The van der Waals surface area contributed by atoms with Gasteiger partial charge in [0.05, 0.1) is 25.3 Å². The number of carboxylic acids is 1. The van der Waals surface area contributed by atoms with Gasteiger partial charge in [-0.3, -0.25) is 4.79 Å². The minimum absolute atomic E-state index is 0.0636. The van der Waals surface area contributed by atoms with Crippen LogP contribution >= 0.6 is 11.3 Å². The number of benzene rings is 1. The fourth-order valence-electron chi connectivity index (χ4n) is 1.86. The summed E-state index contributed by atoms with van der Waals surface area (Å²) in [7, 11) is 0. The summed E-state index contributed by atoms with van der Waals surface area (Å²) in [6.07, 6.45) is -0.0636. The lowest BCUT2D eigenvalue weighted by Crippen LogP contribution is -2.00. The first-order valence-corrected chi connectivity index (χ1v) is 7.58. The second-order valence-corrected chi connectivity index (χ2v) is 5.10. The highest BCUT2D eigenvalue weighted by Gasteiger charge is 2.11. The van der Waals surface area contributed by atoms with Crippen LogP contribution < -0.4 is 9.47 Å². The maximum Gasteiger partial charge on any atom is 0.309 e. The highest BCUT2D eigenvalue weighted by Crippen LogP contribution is 2.34. The standard InChI is InChI=1S/C15H17NO4S/c1-3-19-12-6-5-10(7-13(12)20-4-2)15-16-11(9-21-15)8-14(17)18/h5-7,9H,3-4,8H2,1-2H3,(H,17,18). The van der Waals surface area contributed by atoms with Crippen molar-refractivity contribution >= 4 is 17.3 Å². The number of aliphatic carboxylic acids is 1. The van der Waals surface area contributed by atoms with Crippen LogP contribution in [0.3, 0.4) is 0 Å². The molecule has 0 saturated heterocycles. The summed E-state index contributed by atoms with van der Waals surface area (Å²) in [5.41, 5.74) is 1.46. The molecule has 2 aromatic rings. The summed E-state index contributed by atoms with van der Waals surface area (Å²) < 4.78 is 11.1. The first-order chi connectivity index (χ1) is 10.1. The Morgan fingerprint density at radius 3 is 2.62 bits per heavy atom. The van der Waals surface area contributed by atoms with Crippen molar-refractivity contribution in [1.29, 1.82) is 0 Å². The molecule has 0 saturated carbocycles. The van der Waals surface area contributed by atoms with Gasteiger partial charge in [-0.25, -0.2) is 4.98 Å². The summed E-state index contributed by atoms with van der Waals surface area (Å²) in [6, 6.07) is 5.62. The van der Waals surface area contributed by atoms with Crippen molar-refractivity contribution in [3.8, 4) is 22.1 Å². The molecule has 0 amide bonds. The number of aromatic nitrogens is 1. The summed E-state index contributed by atoms with van der Waals surface area (Å²) in [5.74, 6) is 0.491. The summed E-state index contributed by atoms with van der Waals surface area (Å²) >= 11 is 1.42. The minimum Gasteiger partial charge on any atom is -0.490 e. The van der Waals surface area contributed by atoms with Crippen LogP contribution in [0.2, 0.25) is 0 Å². The molecular formula is C15H17NO4S. The second-order valence-electron chi connectivity index (χ2n) is 4.24. The average molecular weight is 307 g/mol. The molecule has 1 N–H and O–H groups in total. The van der Waals surface area contributed by atoms with Crippen molar-refractivity contribution in [3.63, 3.8) is 0 Å². The van der Waals surface area contributed by atoms with Crippen LogP contribution in [-0.4, -0.2) is 29.3 Å². The van der Waals surface area contributed by atoms with Gasteiger partial charge in [-0.05, 0) is 32.0 Å². The van der Waals surface area contributed by atoms with Crippen molar-refractivity contribution in [2.45, 2.75) is 20.3 Å². The molecule has 0 aliphatic rings. The van der Waals surface area contributed by atoms with Gasteiger partial charge in [0.1, 0.15) is 5.01 Å². The van der Waals surface area contributed by atoms with E-state index in [1.54, 1.807) is 5.38 Å². The van der Waals surface area contributed by atoms with Crippen LogP contribution in [0.4, 0.5) is 0 Å². The third-order valence-electron chi connectivity index (χ3n) is 2.67. The summed E-state index contributed by atoms with van der Waals surface area (Å²) in [5, 5.41) is 11.3. The lowest BCUT2D eigenvalue weighted by molar-refractivity contribution is -0.136. The lowest BCUT2D eigenvalue weighted by atomic mass is 10.2. The normalized spacial score (nSPS) is 10.4. The van der Waals surface area contributed by atoms with Gasteiger partial charge in [0, 0.05) is 10.9 Å². The molecule has 1 heterocycles. The first kappa shape index (κ1) is 15.3. The molecule has 6 heteroatoms. The molecular weight excluding hydrogens is 290 g/mol. The number of nitrogens with zero attached hydrogens (tertiary/aromatic N) is 1. The molecule has 0 atom stereocenters. The maximum atomic E-state index is 10.7. The van der Waals surface area contributed by atoms with Crippen molar-refractivity contribution in [3.05, 3.63) is 29.3 Å². The summed E-state index contributed by atoms with van der Waals surface area (Å²) in [6.45, 7) is 4.95. The Hall–Kier alpha value is -2.08. The number of thiazole rings is 1. The number of carbonyl (C=O) groups is 1. The van der Waals surface area contributed by atoms with Gasteiger partial charge in [-0.2, -0.15) is 0 Å². The van der Waals surface area contributed by atoms with E-state index in [1.807, 2.05) is 32.0 Å². The smallest absolute Gasteiger partial charge is 0.309 e. The Morgan fingerprint density at radius 1 is 1.24 bits per heavy atom. The van der Waals surface area contributed by atoms with E-state index in [4.69, 9.17) is 14.6 Å². The molecule has 112 valence electrons. The fourth-order valence-corrected chi connectivity index (χ4v) is 2.68. The molecule has 0 unspecified atom stereocenters. The fraction of sp³-hybridized carbons (Fsp3) is 0.333. The molecule has 0 aliphatic heterocycles. The quantitative estimate of drug-likeness (QED) is 0.850. The highest BCUT2D eigenvalue weighted by atomic mass is 32.1. The van der Waals surface area contributed by atoms with Gasteiger partial charge < -0.3 is 14.6 Å². The van der Waals surface area contributed by atoms with Crippen LogP contribution in [0.5, 0.6) is 11.5 Å². The number of hydrogen-bond acceptors (Lipinski definition) is 5. The van der Waals surface area contributed by atoms with E-state index in [9.17, 15) is 4.79 Å². The molecule has 0 aliphatic carbocycles. The number of ether oxygens (including phenoxy) is 2. The molecule has 0 bridgehead atoms. The third kappa shape index (κ3) is 3.95. The molecule has 1 aromatic heterocycles. The Balaban J connectivity index is 2.28. The Morgan fingerprint density at radius 2 is 1.95 bits per heavy atom. The highest BCUT2D eigenvalue weighted by molar-refractivity contribution is 7.13. The number of carboxylic acid groups (broad SMARTS) is 1. The van der Waals surface area contributed by atoms with Crippen LogP contribution in [-0.2, 0) is 11.2 Å². The minimum atomic E-state index is -0.881. The zero-order valence-electron chi connectivity index (χ0n) is 12.0. The van der Waals surface area contributed by atoms with Crippen molar-refractivity contribution in [2.24, 2.45) is 0 Å². The second kappa shape index (κ2) is 7.08. The van der Waals surface area contributed by atoms with E-state index in [1.165, 1.54) is 11.3 Å². The number of rotatable bonds is 7. The molecule has 21 heavy (non-hydrogen) atoms. The zero-order chi connectivity index (χ0) is 15.2. The average Bonchev–Trinajstić information content (AvgIpc) is 2.89. The van der Waals surface area contributed by atoms with Crippen LogP contribution in [0.15, 0.2) is 23.6 Å². The lowest BCUT2D eigenvalue weighted by Gasteiger charge is -2.11. The van der Waals surface area contributed by atoms with Crippen LogP contribution in [0.25, 0.3) is 10.6 Å². The van der Waals surface area contributed by atoms with Crippen LogP contribution in [0.1, 0.15) is 19.5 Å². The van der Waals surface area contributed by atoms with Gasteiger partial charge in [-0.1, -0.05) is 0 Å². The Kier molecular flexibility index (Phi) is 5.16. The predicted octanol–water partition coefficient (Wildman–Crippen LogP) is 3.23. The van der Waals surface area contributed by atoms with Gasteiger partial charge in [0.25, 0.3) is 0 Å². The van der Waals surface area contributed by atoms with E-state index in [-0.39, 0.29) is 6.42 Å². The van der Waals surface area contributed by atoms with Crippen molar-refractivity contribution in [1.82, 2.24) is 4.98 Å². The van der Waals surface area contributed by atoms with E-state index in [0.717, 1.165) is 10.6 Å². The topological polar surface area (TPSA) is 68.7 Å². The van der Waals surface area contributed by atoms with E-state index < -0.39 is 5.97 Å². The van der Waals surface area contributed by atoms with Crippen molar-refractivity contribution < 1.29 is 19.4 Å². The van der Waals surface area contributed by atoms with Gasteiger partial charge >= 0.3 is 5.97 Å². The molecule has 0 spiro atoms. The predicted molar refractivity (Wildman–Crippen MR) is 81.2 cm³/mol. The molecule has 5 nitrogen and oxygen atoms in total.